The number of rotatable bonds is 1. The molecule has 0 saturated carbocycles. The van der Waals surface area contributed by atoms with Gasteiger partial charge in [-0.1, -0.05) is 0 Å². The first-order valence-corrected chi connectivity index (χ1v) is 4.00. The van der Waals surface area contributed by atoms with Crippen molar-refractivity contribution in [3.8, 4) is 0 Å². The van der Waals surface area contributed by atoms with E-state index in [9.17, 15) is 13.2 Å². The summed E-state index contributed by atoms with van der Waals surface area (Å²) in [6, 6.07) is 0.969. The summed E-state index contributed by atoms with van der Waals surface area (Å²) in [5.74, 6) is -1.62. The lowest BCUT2D eigenvalue weighted by atomic mass is 10.2. The van der Waals surface area contributed by atoms with Gasteiger partial charge in [0.15, 0.2) is 11.6 Å². The molecule has 0 aromatic carbocycles. The molecule has 0 radical (unpaired) electrons. The number of hydrogen-bond donors (Lipinski definition) is 1. The van der Waals surface area contributed by atoms with Crippen molar-refractivity contribution in [2.75, 3.05) is 5.73 Å². The Labute approximate surface area is 80.1 Å². The highest BCUT2D eigenvalue weighted by Crippen LogP contribution is 2.25. The van der Waals surface area contributed by atoms with E-state index in [-0.39, 0.29) is 3.70 Å². The third-order valence-electron chi connectivity index (χ3n) is 1.22. The molecule has 1 rings (SSSR count). The molecule has 2 nitrogen and oxygen atoms in total. The third kappa shape index (κ3) is 1.79. The van der Waals surface area contributed by atoms with E-state index in [2.05, 4.69) is 4.98 Å². The number of nitrogens with zero attached hydrogens (tertiary/aromatic N) is 1. The lowest BCUT2D eigenvalue weighted by Gasteiger charge is -2.03. The van der Waals surface area contributed by atoms with Crippen LogP contribution in [0.1, 0.15) is 12.0 Å². The fraction of sp³-hybridized carbons (Fsp3) is 0.167. The molecule has 1 heterocycles. The van der Waals surface area contributed by atoms with Gasteiger partial charge in [0.05, 0.1) is 5.56 Å². The lowest BCUT2D eigenvalue weighted by molar-refractivity contribution is 0.146. The van der Waals surface area contributed by atoms with E-state index in [4.69, 9.17) is 5.73 Å². The van der Waals surface area contributed by atoms with Crippen LogP contribution in [-0.2, 0) is 0 Å². The van der Waals surface area contributed by atoms with Gasteiger partial charge in [-0.05, 0) is 28.7 Å². The molecule has 0 aliphatic heterocycles. The number of nitrogens with two attached hydrogens (primary N) is 1. The molecule has 1 aromatic rings. The van der Waals surface area contributed by atoms with Crippen molar-refractivity contribution in [2.45, 2.75) is 6.43 Å². The molecule has 0 amide bonds. The van der Waals surface area contributed by atoms with Crippen molar-refractivity contribution in [3.05, 3.63) is 21.1 Å². The average molecular weight is 288 g/mol. The fourth-order valence-corrected chi connectivity index (χ4v) is 1.29. The molecule has 0 unspecified atom stereocenters. The topological polar surface area (TPSA) is 38.9 Å². The largest absolute Gasteiger partial charge is 0.381 e. The second kappa shape index (κ2) is 3.46. The first-order valence-electron chi connectivity index (χ1n) is 2.92. The van der Waals surface area contributed by atoms with E-state index in [1.165, 1.54) is 0 Å². The minimum atomic E-state index is -2.86. The molecule has 0 saturated heterocycles. The van der Waals surface area contributed by atoms with Crippen molar-refractivity contribution in [1.29, 1.82) is 0 Å². The number of aromatic nitrogens is 1. The Bertz CT molecular complexity index is 303. The van der Waals surface area contributed by atoms with Crippen LogP contribution in [0.5, 0.6) is 0 Å². The SMILES string of the molecule is Nc1nc(I)cc(C(F)F)c1F. The number of pyridine rings is 1. The molecule has 6 heteroatoms. The van der Waals surface area contributed by atoms with Crippen LogP contribution in [0, 0.1) is 9.52 Å². The number of hydrogen-bond acceptors (Lipinski definition) is 2. The molecule has 66 valence electrons. The summed E-state index contributed by atoms with van der Waals surface area (Å²) < 4.78 is 37.1. The van der Waals surface area contributed by atoms with E-state index in [1.807, 2.05) is 0 Å². The monoisotopic (exact) mass is 288 g/mol. The van der Waals surface area contributed by atoms with Crippen LogP contribution in [0.25, 0.3) is 0 Å². The molecule has 2 N–H and O–H groups in total. The summed E-state index contributed by atoms with van der Waals surface area (Å²) in [6.07, 6.45) is -2.86. The summed E-state index contributed by atoms with van der Waals surface area (Å²) in [6.45, 7) is 0. The van der Waals surface area contributed by atoms with E-state index in [1.54, 1.807) is 22.6 Å². The maximum absolute atomic E-state index is 12.8. The normalized spacial score (nSPS) is 10.8. The van der Waals surface area contributed by atoms with Crippen molar-refractivity contribution in [1.82, 2.24) is 4.98 Å². The standard InChI is InChI=1S/C6H4F3IN2/c7-4-2(5(8)9)1-3(10)12-6(4)11/h1,5H,(H2,11,12). The Morgan fingerprint density at radius 2 is 2.08 bits per heavy atom. The zero-order valence-electron chi connectivity index (χ0n) is 5.69. The van der Waals surface area contributed by atoms with Crippen LogP contribution < -0.4 is 5.73 Å². The van der Waals surface area contributed by atoms with Gasteiger partial charge in [0.1, 0.15) is 3.70 Å². The molecular weight excluding hydrogens is 284 g/mol. The zero-order valence-corrected chi connectivity index (χ0v) is 7.85. The number of alkyl halides is 2. The van der Waals surface area contributed by atoms with Gasteiger partial charge in [-0.25, -0.2) is 18.2 Å². The van der Waals surface area contributed by atoms with Gasteiger partial charge in [-0.3, -0.25) is 0 Å². The first kappa shape index (κ1) is 9.56. The van der Waals surface area contributed by atoms with Gasteiger partial charge < -0.3 is 5.73 Å². The fourth-order valence-electron chi connectivity index (χ4n) is 0.695. The second-order valence-electron chi connectivity index (χ2n) is 2.03. The predicted octanol–water partition coefficient (Wildman–Crippen LogP) is 2.35. The second-order valence-corrected chi connectivity index (χ2v) is 3.14. The smallest absolute Gasteiger partial charge is 0.266 e. The van der Waals surface area contributed by atoms with Crippen LogP contribution in [0.3, 0.4) is 0 Å². The van der Waals surface area contributed by atoms with Gasteiger partial charge >= 0.3 is 0 Å². The Kier molecular flexibility index (Phi) is 2.76. The predicted molar refractivity (Wildman–Crippen MR) is 46.3 cm³/mol. The molecule has 0 spiro atoms. The quantitative estimate of drug-likeness (QED) is 0.636. The van der Waals surface area contributed by atoms with Gasteiger partial charge in [-0.2, -0.15) is 0 Å². The van der Waals surface area contributed by atoms with Crippen LogP contribution in [0.4, 0.5) is 19.0 Å². The first-order chi connectivity index (χ1) is 5.52. The van der Waals surface area contributed by atoms with Crippen molar-refractivity contribution >= 4 is 28.4 Å². The van der Waals surface area contributed by atoms with Crippen LogP contribution >= 0.6 is 22.6 Å². The highest BCUT2D eigenvalue weighted by molar-refractivity contribution is 14.1. The molecule has 1 aromatic heterocycles. The van der Waals surface area contributed by atoms with E-state index >= 15 is 0 Å². The van der Waals surface area contributed by atoms with Gasteiger partial charge in [0.25, 0.3) is 6.43 Å². The molecule has 0 aliphatic carbocycles. The maximum atomic E-state index is 12.8. The minimum absolute atomic E-state index is 0.252. The van der Waals surface area contributed by atoms with Crippen LogP contribution in [0.2, 0.25) is 0 Å². The van der Waals surface area contributed by atoms with Crippen molar-refractivity contribution in [2.24, 2.45) is 0 Å². The van der Waals surface area contributed by atoms with Crippen molar-refractivity contribution < 1.29 is 13.2 Å². The summed E-state index contributed by atoms with van der Waals surface area (Å²) in [4.78, 5) is 3.47. The molecule has 0 atom stereocenters. The van der Waals surface area contributed by atoms with E-state index in [0.29, 0.717) is 0 Å². The summed E-state index contributed by atoms with van der Waals surface area (Å²) in [5.41, 5.74) is 4.33. The maximum Gasteiger partial charge on any atom is 0.266 e. The Morgan fingerprint density at radius 3 is 2.58 bits per heavy atom. The molecule has 0 bridgehead atoms. The minimum Gasteiger partial charge on any atom is -0.381 e. The summed E-state index contributed by atoms with van der Waals surface area (Å²) in [5, 5.41) is 0. The summed E-state index contributed by atoms with van der Waals surface area (Å²) >= 11 is 1.69. The van der Waals surface area contributed by atoms with E-state index < -0.39 is 23.6 Å². The Balaban J connectivity index is 3.28. The number of halogens is 4. The molecule has 12 heavy (non-hydrogen) atoms. The van der Waals surface area contributed by atoms with E-state index in [0.717, 1.165) is 6.07 Å². The highest BCUT2D eigenvalue weighted by Gasteiger charge is 2.17. The molecule has 0 aliphatic rings. The third-order valence-corrected chi connectivity index (χ3v) is 1.77. The summed E-state index contributed by atoms with van der Waals surface area (Å²) in [7, 11) is 0. The number of nitrogen functional groups attached to an aromatic ring is 1. The van der Waals surface area contributed by atoms with Crippen molar-refractivity contribution in [3.63, 3.8) is 0 Å². The number of anilines is 1. The lowest BCUT2D eigenvalue weighted by Crippen LogP contribution is -2.02. The molecule has 0 fully saturated rings. The zero-order chi connectivity index (χ0) is 9.30. The van der Waals surface area contributed by atoms with Gasteiger partial charge in [-0.15, -0.1) is 0 Å². The highest BCUT2D eigenvalue weighted by atomic mass is 127. The Morgan fingerprint density at radius 1 is 1.50 bits per heavy atom. The van der Waals surface area contributed by atoms with Crippen LogP contribution in [-0.4, -0.2) is 4.98 Å². The van der Waals surface area contributed by atoms with Crippen LogP contribution in [0.15, 0.2) is 6.07 Å². The average Bonchev–Trinajstić information content (AvgIpc) is 1.96. The Hall–Kier alpha value is -0.530. The molecular formula is C6H4F3IN2. The van der Waals surface area contributed by atoms with Gasteiger partial charge in [0.2, 0.25) is 0 Å². The van der Waals surface area contributed by atoms with Gasteiger partial charge in [0, 0.05) is 0 Å².